The van der Waals surface area contributed by atoms with Gasteiger partial charge in [0, 0.05) is 30.8 Å². The average Bonchev–Trinajstić information content (AvgIpc) is 2.76. The second kappa shape index (κ2) is 10.7. The number of hydrogen-bond donors (Lipinski definition) is 3. The monoisotopic (exact) mass is 399 g/mol. The van der Waals surface area contributed by atoms with Crippen molar-refractivity contribution in [1.82, 2.24) is 10.6 Å². The van der Waals surface area contributed by atoms with Crippen molar-refractivity contribution >= 4 is 23.4 Å². The number of hydrogen-bond acceptors (Lipinski definition) is 5. The molecule has 3 N–H and O–H groups in total. The summed E-state index contributed by atoms with van der Waals surface area (Å²) >= 11 is 0. The highest BCUT2D eigenvalue weighted by Gasteiger charge is 2.14. The van der Waals surface area contributed by atoms with Gasteiger partial charge in [0.2, 0.25) is 5.91 Å². The number of ether oxygens (including phenoxy) is 2. The van der Waals surface area contributed by atoms with Crippen LogP contribution in [-0.2, 0) is 4.79 Å². The van der Waals surface area contributed by atoms with Gasteiger partial charge in [0.05, 0.1) is 19.8 Å². The Morgan fingerprint density at radius 1 is 0.862 bits per heavy atom. The van der Waals surface area contributed by atoms with Crippen LogP contribution in [-0.4, -0.2) is 45.0 Å². The quantitative estimate of drug-likeness (QED) is 0.561. The first-order valence-corrected chi connectivity index (χ1v) is 9.16. The molecular weight excluding hydrogens is 374 g/mol. The lowest BCUT2D eigenvalue weighted by atomic mass is 10.1. The number of carbonyl (C=O) groups is 3. The van der Waals surface area contributed by atoms with E-state index in [1.807, 2.05) is 0 Å². The first kappa shape index (κ1) is 21.7. The summed E-state index contributed by atoms with van der Waals surface area (Å²) in [5, 5.41) is 8.17. The highest BCUT2D eigenvalue weighted by atomic mass is 16.5. The Bertz CT molecular complexity index is 865. The molecule has 0 atom stereocenters. The van der Waals surface area contributed by atoms with Crippen LogP contribution < -0.4 is 25.4 Å². The predicted octanol–water partition coefficient (Wildman–Crippen LogP) is 2.21. The van der Waals surface area contributed by atoms with Gasteiger partial charge < -0.3 is 25.4 Å². The van der Waals surface area contributed by atoms with Gasteiger partial charge >= 0.3 is 0 Å². The van der Waals surface area contributed by atoms with E-state index in [1.165, 1.54) is 14.2 Å². The van der Waals surface area contributed by atoms with Crippen LogP contribution in [0.4, 0.5) is 5.69 Å². The minimum Gasteiger partial charge on any atom is -0.497 e. The van der Waals surface area contributed by atoms with Crippen molar-refractivity contribution in [1.29, 1.82) is 0 Å². The fraction of sp³-hybridized carbons (Fsp3) is 0.286. The molecule has 0 unspecified atom stereocenters. The molecule has 0 aliphatic carbocycles. The largest absolute Gasteiger partial charge is 0.497 e. The van der Waals surface area contributed by atoms with Gasteiger partial charge in [0.15, 0.2) is 0 Å². The fourth-order valence-corrected chi connectivity index (χ4v) is 2.50. The number of amides is 3. The van der Waals surface area contributed by atoms with Crippen molar-refractivity contribution in [2.75, 3.05) is 32.6 Å². The topological polar surface area (TPSA) is 106 Å². The van der Waals surface area contributed by atoms with E-state index in [1.54, 1.807) is 49.4 Å². The van der Waals surface area contributed by atoms with E-state index in [9.17, 15) is 14.4 Å². The highest BCUT2D eigenvalue weighted by Crippen LogP contribution is 2.25. The van der Waals surface area contributed by atoms with Crippen LogP contribution in [0.25, 0.3) is 0 Å². The molecule has 0 spiro atoms. The lowest BCUT2D eigenvalue weighted by Gasteiger charge is -2.11. The van der Waals surface area contributed by atoms with Gasteiger partial charge in [-0.3, -0.25) is 14.4 Å². The van der Waals surface area contributed by atoms with E-state index in [4.69, 9.17) is 9.47 Å². The summed E-state index contributed by atoms with van der Waals surface area (Å²) in [6, 6.07) is 11.4. The molecule has 8 heteroatoms. The maximum absolute atomic E-state index is 12.6. The third-order valence-electron chi connectivity index (χ3n) is 4.11. The summed E-state index contributed by atoms with van der Waals surface area (Å²) in [6.07, 6.45) is 0.406. The van der Waals surface area contributed by atoms with Gasteiger partial charge in [-0.2, -0.15) is 0 Å². The SMILES string of the molecule is CCC(=O)NCCNC(=O)c1ccc(NC(=O)c2cc(OC)ccc2OC)cc1. The first-order chi connectivity index (χ1) is 14.0. The number of methoxy groups -OCH3 is 2. The fourth-order valence-electron chi connectivity index (χ4n) is 2.50. The molecule has 0 aromatic heterocycles. The molecule has 0 bridgehead atoms. The molecule has 0 aliphatic rings. The third-order valence-corrected chi connectivity index (χ3v) is 4.11. The van der Waals surface area contributed by atoms with E-state index in [-0.39, 0.29) is 17.7 Å². The zero-order valence-corrected chi connectivity index (χ0v) is 16.7. The minimum absolute atomic E-state index is 0.0630. The molecule has 0 fully saturated rings. The molecular formula is C21H25N3O5. The summed E-state index contributed by atoms with van der Waals surface area (Å²) in [5.41, 5.74) is 1.32. The molecule has 0 aliphatic heterocycles. The maximum atomic E-state index is 12.6. The van der Waals surface area contributed by atoms with Crippen molar-refractivity contribution in [3.05, 3.63) is 53.6 Å². The van der Waals surface area contributed by atoms with E-state index >= 15 is 0 Å². The molecule has 2 rings (SSSR count). The summed E-state index contributed by atoms with van der Waals surface area (Å²) < 4.78 is 10.4. The number of anilines is 1. The Kier molecular flexibility index (Phi) is 8.02. The van der Waals surface area contributed by atoms with Crippen LogP contribution in [0.5, 0.6) is 11.5 Å². The van der Waals surface area contributed by atoms with E-state index in [0.717, 1.165) is 0 Å². The molecule has 0 heterocycles. The van der Waals surface area contributed by atoms with Crippen LogP contribution >= 0.6 is 0 Å². The zero-order chi connectivity index (χ0) is 21.2. The molecule has 8 nitrogen and oxygen atoms in total. The summed E-state index contributed by atoms with van der Waals surface area (Å²) in [6.45, 7) is 2.46. The Morgan fingerprint density at radius 3 is 2.17 bits per heavy atom. The Labute approximate surface area is 169 Å². The molecule has 0 saturated heterocycles. The van der Waals surface area contributed by atoms with Crippen molar-refractivity contribution in [3.63, 3.8) is 0 Å². The van der Waals surface area contributed by atoms with Crippen molar-refractivity contribution in [2.24, 2.45) is 0 Å². The van der Waals surface area contributed by atoms with Gasteiger partial charge in [0.1, 0.15) is 11.5 Å². The van der Waals surface area contributed by atoms with E-state index in [2.05, 4.69) is 16.0 Å². The number of benzene rings is 2. The van der Waals surface area contributed by atoms with E-state index in [0.29, 0.717) is 47.8 Å². The second-order valence-corrected chi connectivity index (χ2v) is 6.06. The zero-order valence-electron chi connectivity index (χ0n) is 16.7. The first-order valence-electron chi connectivity index (χ1n) is 9.16. The number of carbonyl (C=O) groups excluding carboxylic acids is 3. The minimum atomic E-state index is -0.357. The molecule has 2 aromatic carbocycles. The number of rotatable bonds is 9. The summed E-state index contributed by atoms with van der Waals surface area (Å²) in [5.74, 6) is 0.285. The average molecular weight is 399 g/mol. The molecule has 0 saturated carbocycles. The smallest absolute Gasteiger partial charge is 0.259 e. The van der Waals surface area contributed by atoms with Crippen LogP contribution in [0.1, 0.15) is 34.1 Å². The third kappa shape index (κ3) is 6.24. The van der Waals surface area contributed by atoms with Gasteiger partial charge in [-0.25, -0.2) is 0 Å². The number of nitrogens with one attached hydrogen (secondary N) is 3. The molecule has 29 heavy (non-hydrogen) atoms. The van der Waals surface area contributed by atoms with Crippen LogP contribution in [0, 0.1) is 0 Å². The molecule has 3 amide bonds. The Morgan fingerprint density at radius 2 is 1.55 bits per heavy atom. The van der Waals surface area contributed by atoms with Crippen LogP contribution in [0.3, 0.4) is 0 Å². The van der Waals surface area contributed by atoms with Gasteiger partial charge in [-0.1, -0.05) is 6.92 Å². The van der Waals surface area contributed by atoms with Crippen LogP contribution in [0.2, 0.25) is 0 Å². The summed E-state index contributed by atoms with van der Waals surface area (Å²) in [7, 11) is 3.00. The van der Waals surface area contributed by atoms with Crippen molar-refractivity contribution in [3.8, 4) is 11.5 Å². The predicted molar refractivity (Wildman–Crippen MR) is 110 cm³/mol. The normalized spacial score (nSPS) is 10.0. The molecule has 2 aromatic rings. The Hall–Kier alpha value is -3.55. The lowest BCUT2D eigenvalue weighted by Crippen LogP contribution is -2.34. The van der Waals surface area contributed by atoms with Gasteiger partial charge in [-0.05, 0) is 42.5 Å². The second-order valence-electron chi connectivity index (χ2n) is 6.06. The standard InChI is InChI=1S/C21H25N3O5/c1-4-19(25)22-11-12-23-20(26)14-5-7-15(8-6-14)24-21(27)17-13-16(28-2)9-10-18(17)29-3/h5-10,13H,4,11-12H2,1-3H3,(H,22,25)(H,23,26)(H,24,27). The Balaban J connectivity index is 1.96. The van der Waals surface area contributed by atoms with Crippen LogP contribution in [0.15, 0.2) is 42.5 Å². The van der Waals surface area contributed by atoms with Crippen molar-refractivity contribution < 1.29 is 23.9 Å². The summed E-state index contributed by atoms with van der Waals surface area (Å²) in [4.78, 5) is 35.9. The van der Waals surface area contributed by atoms with Crippen molar-refractivity contribution in [2.45, 2.75) is 13.3 Å². The molecule has 154 valence electrons. The van der Waals surface area contributed by atoms with Gasteiger partial charge in [0.25, 0.3) is 11.8 Å². The highest BCUT2D eigenvalue weighted by molar-refractivity contribution is 6.06. The maximum Gasteiger partial charge on any atom is 0.259 e. The lowest BCUT2D eigenvalue weighted by molar-refractivity contribution is -0.120. The van der Waals surface area contributed by atoms with Gasteiger partial charge in [-0.15, -0.1) is 0 Å². The molecule has 0 radical (unpaired) electrons. The van der Waals surface area contributed by atoms with E-state index < -0.39 is 0 Å².